The highest BCUT2D eigenvalue weighted by Gasteiger charge is 1.89. The molecule has 0 spiro atoms. The fourth-order valence-corrected chi connectivity index (χ4v) is 0.641. The summed E-state index contributed by atoms with van der Waals surface area (Å²) in [6.45, 7) is 7.22. The van der Waals surface area contributed by atoms with Gasteiger partial charge < -0.3 is 4.90 Å². The summed E-state index contributed by atoms with van der Waals surface area (Å²) in [4.78, 5) is 2.02. The predicted molar refractivity (Wildman–Crippen MR) is 51.3 cm³/mol. The third kappa shape index (κ3) is 4.20. The molecule has 1 heteroatoms. The van der Waals surface area contributed by atoms with Crippen molar-refractivity contribution < 1.29 is 0 Å². The third-order valence-corrected chi connectivity index (χ3v) is 1.21. The monoisotopic (exact) mass is 149 g/mol. The van der Waals surface area contributed by atoms with Crippen molar-refractivity contribution in [1.29, 1.82) is 0 Å². The molecule has 0 aromatic carbocycles. The maximum Gasteiger partial charge on any atom is 0.0360 e. The molecule has 0 aliphatic rings. The molecule has 0 fully saturated rings. The number of hydrogen-bond donors (Lipinski definition) is 0. The largest absolute Gasteiger partial charge is 0.378 e. The van der Waals surface area contributed by atoms with E-state index < -0.39 is 0 Å². The average molecular weight is 149 g/mol. The first-order valence-electron chi connectivity index (χ1n) is 3.51. The Hall–Kier alpha value is -1.24. The van der Waals surface area contributed by atoms with E-state index in [1.165, 1.54) is 0 Å². The van der Waals surface area contributed by atoms with Crippen LogP contribution in [0.15, 0.2) is 49.2 Å². The first-order chi connectivity index (χ1) is 5.22. The Morgan fingerprint density at radius 3 is 2.18 bits per heavy atom. The second-order valence-corrected chi connectivity index (χ2v) is 2.32. The van der Waals surface area contributed by atoms with Crippen LogP contribution in [0.25, 0.3) is 0 Å². The third-order valence-electron chi connectivity index (χ3n) is 1.21. The van der Waals surface area contributed by atoms with Crippen molar-refractivity contribution in [3.05, 3.63) is 49.2 Å². The summed E-state index contributed by atoms with van der Waals surface area (Å²) >= 11 is 0. The molecule has 0 rings (SSSR count). The minimum Gasteiger partial charge on any atom is -0.378 e. The van der Waals surface area contributed by atoms with Crippen LogP contribution >= 0.6 is 0 Å². The minimum atomic E-state index is 1.11. The molecule has 0 amide bonds. The van der Waals surface area contributed by atoms with Gasteiger partial charge in [-0.25, -0.2) is 0 Å². The Morgan fingerprint density at radius 1 is 1.18 bits per heavy atom. The Kier molecular flexibility index (Phi) is 4.91. The molecule has 0 saturated heterocycles. The Bertz CT molecular complexity index is 185. The molecule has 11 heavy (non-hydrogen) atoms. The summed E-state index contributed by atoms with van der Waals surface area (Å²) in [6, 6.07) is 0. The molecule has 0 aliphatic heterocycles. The molecule has 0 aromatic heterocycles. The van der Waals surface area contributed by atoms with Gasteiger partial charge in [-0.3, -0.25) is 0 Å². The molecule has 0 radical (unpaired) electrons. The average Bonchev–Trinajstić information content (AvgIpc) is 1.97. The molecule has 0 atom stereocenters. The molecule has 0 aromatic rings. The highest BCUT2D eigenvalue weighted by atomic mass is 15.1. The van der Waals surface area contributed by atoms with E-state index in [-0.39, 0.29) is 0 Å². The maximum absolute atomic E-state index is 3.63. The standard InChI is InChI=1S/C10H15N/c1-5-7-9-10(8-6-2)11(3)4/h5-9H,1-2H2,3-4H3/b9-7-,10-8+. The molecule has 0 saturated carbocycles. The van der Waals surface area contributed by atoms with Gasteiger partial charge in [0.25, 0.3) is 0 Å². The predicted octanol–water partition coefficient (Wildman–Crippen LogP) is 2.36. The van der Waals surface area contributed by atoms with Crippen LogP contribution in [-0.2, 0) is 0 Å². The molecular weight excluding hydrogens is 134 g/mol. The van der Waals surface area contributed by atoms with Crippen molar-refractivity contribution in [3.8, 4) is 0 Å². The smallest absolute Gasteiger partial charge is 0.0360 e. The molecule has 0 aliphatic carbocycles. The summed E-state index contributed by atoms with van der Waals surface area (Å²) in [5.41, 5.74) is 1.11. The van der Waals surface area contributed by atoms with Gasteiger partial charge in [0.2, 0.25) is 0 Å². The summed E-state index contributed by atoms with van der Waals surface area (Å²) in [5, 5.41) is 0. The lowest BCUT2D eigenvalue weighted by Gasteiger charge is -2.12. The SMILES string of the molecule is C=C/C=C\C(=C/C=C)N(C)C. The van der Waals surface area contributed by atoms with Crippen LogP contribution in [0.2, 0.25) is 0 Å². The van der Waals surface area contributed by atoms with Crippen molar-refractivity contribution >= 4 is 0 Å². The molecule has 1 nitrogen and oxygen atoms in total. The summed E-state index contributed by atoms with van der Waals surface area (Å²) in [6.07, 6.45) is 9.34. The van der Waals surface area contributed by atoms with Gasteiger partial charge in [0.05, 0.1) is 0 Å². The molecule has 0 bridgehead atoms. The van der Waals surface area contributed by atoms with Gasteiger partial charge in [-0.15, -0.1) is 0 Å². The second kappa shape index (κ2) is 5.54. The van der Waals surface area contributed by atoms with Gasteiger partial charge in [-0.1, -0.05) is 31.4 Å². The van der Waals surface area contributed by atoms with Gasteiger partial charge >= 0.3 is 0 Å². The Morgan fingerprint density at radius 2 is 1.82 bits per heavy atom. The van der Waals surface area contributed by atoms with Gasteiger partial charge in [-0.05, 0) is 12.2 Å². The van der Waals surface area contributed by atoms with Gasteiger partial charge in [-0.2, -0.15) is 0 Å². The van der Waals surface area contributed by atoms with Crippen molar-refractivity contribution in [2.24, 2.45) is 0 Å². The lowest BCUT2D eigenvalue weighted by atomic mass is 10.3. The van der Waals surface area contributed by atoms with Gasteiger partial charge in [0.15, 0.2) is 0 Å². The summed E-state index contributed by atoms with van der Waals surface area (Å²) in [7, 11) is 3.98. The first kappa shape index (κ1) is 9.76. The molecule has 60 valence electrons. The van der Waals surface area contributed by atoms with Crippen LogP contribution in [0.5, 0.6) is 0 Å². The van der Waals surface area contributed by atoms with E-state index in [9.17, 15) is 0 Å². The van der Waals surface area contributed by atoms with Crippen LogP contribution in [0.3, 0.4) is 0 Å². The topological polar surface area (TPSA) is 3.24 Å². The fraction of sp³-hybridized carbons (Fsp3) is 0.200. The molecule has 0 heterocycles. The maximum atomic E-state index is 3.63. The number of rotatable bonds is 4. The number of nitrogens with zero attached hydrogens (tertiary/aromatic N) is 1. The highest BCUT2D eigenvalue weighted by Crippen LogP contribution is 2.00. The van der Waals surface area contributed by atoms with Crippen LogP contribution in [0.4, 0.5) is 0 Å². The lowest BCUT2D eigenvalue weighted by molar-refractivity contribution is 0.530. The van der Waals surface area contributed by atoms with E-state index >= 15 is 0 Å². The zero-order chi connectivity index (χ0) is 8.69. The van der Waals surface area contributed by atoms with E-state index in [1.807, 2.05) is 37.2 Å². The van der Waals surface area contributed by atoms with Crippen LogP contribution in [0.1, 0.15) is 0 Å². The van der Waals surface area contributed by atoms with Crippen molar-refractivity contribution in [2.45, 2.75) is 0 Å². The zero-order valence-corrected chi connectivity index (χ0v) is 7.25. The van der Waals surface area contributed by atoms with Crippen LogP contribution < -0.4 is 0 Å². The van der Waals surface area contributed by atoms with Gasteiger partial charge in [0.1, 0.15) is 0 Å². The number of allylic oxidation sites excluding steroid dienone is 5. The van der Waals surface area contributed by atoms with Crippen LogP contribution in [-0.4, -0.2) is 19.0 Å². The number of hydrogen-bond acceptors (Lipinski definition) is 1. The minimum absolute atomic E-state index is 1.11. The Labute approximate surface area is 69.0 Å². The second-order valence-electron chi connectivity index (χ2n) is 2.32. The molecule has 0 unspecified atom stereocenters. The normalized spacial score (nSPS) is 11.6. The summed E-state index contributed by atoms with van der Waals surface area (Å²) in [5.74, 6) is 0. The number of likely N-dealkylation sites (N-methyl/N-ethyl adjacent to an activating group) is 1. The van der Waals surface area contributed by atoms with E-state index in [4.69, 9.17) is 0 Å². The van der Waals surface area contributed by atoms with E-state index in [2.05, 4.69) is 13.2 Å². The van der Waals surface area contributed by atoms with Crippen molar-refractivity contribution in [3.63, 3.8) is 0 Å². The quantitative estimate of drug-likeness (QED) is 0.555. The van der Waals surface area contributed by atoms with Crippen LogP contribution in [0, 0.1) is 0 Å². The molecule has 0 N–H and O–H groups in total. The fourth-order valence-electron chi connectivity index (χ4n) is 0.641. The van der Waals surface area contributed by atoms with E-state index in [0.29, 0.717) is 0 Å². The van der Waals surface area contributed by atoms with E-state index in [1.54, 1.807) is 12.2 Å². The lowest BCUT2D eigenvalue weighted by Crippen LogP contribution is -2.08. The first-order valence-corrected chi connectivity index (χ1v) is 3.51. The van der Waals surface area contributed by atoms with Crippen molar-refractivity contribution in [2.75, 3.05) is 14.1 Å². The van der Waals surface area contributed by atoms with Crippen molar-refractivity contribution in [1.82, 2.24) is 4.90 Å². The van der Waals surface area contributed by atoms with E-state index in [0.717, 1.165) is 5.70 Å². The van der Waals surface area contributed by atoms with Gasteiger partial charge in [0, 0.05) is 19.8 Å². The Balaban J connectivity index is 4.34. The highest BCUT2D eigenvalue weighted by molar-refractivity contribution is 5.23. The zero-order valence-electron chi connectivity index (χ0n) is 7.25. The molecular formula is C10H15N. The summed E-state index contributed by atoms with van der Waals surface area (Å²) < 4.78 is 0.